The van der Waals surface area contributed by atoms with E-state index in [1.54, 1.807) is 6.07 Å². The Morgan fingerprint density at radius 2 is 1.76 bits per heavy atom. The highest BCUT2D eigenvalue weighted by molar-refractivity contribution is 6.35. The van der Waals surface area contributed by atoms with Gasteiger partial charge in [0, 0.05) is 22.2 Å². The van der Waals surface area contributed by atoms with Crippen molar-refractivity contribution in [1.82, 2.24) is 5.32 Å². The topological polar surface area (TPSA) is 45.4 Å². The molecule has 0 saturated carbocycles. The van der Waals surface area contributed by atoms with Gasteiger partial charge in [-0.25, -0.2) is 0 Å². The Hall–Kier alpha value is -1.00. The van der Waals surface area contributed by atoms with Crippen LogP contribution in [0.5, 0.6) is 0 Å². The van der Waals surface area contributed by atoms with Crippen molar-refractivity contribution in [1.29, 1.82) is 0 Å². The smallest absolute Gasteiger partial charge is 0.134 e. The van der Waals surface area contributed by atoms with E-state index in [1.807, 2.05) is 24.3 Å². The molecule has 0 atom stereocenters. The molecule has 1 heterocycles. The molecule has 0 aliphatic carbocycles. The van der Waals surface area contributed by atoms with E-state index >= 15 is 0 Å². The number of rotatable bonds is 8. The highest BCUT2D eigenvalue weighted by Gasteiger charge is 2.06. The summed E-state index contributed by atoms with van der Waals surface area (Å²) >= 11 is 12.0. The molecule has 1 aromatic carbocycles. The molecule has 2 N–H and O–H groups in total. The quantitative estimate of drug-likeness (QED) is 0.701. The number of unbranched alkanes of at least 4 members (excludes halogenated alkanes) is 2. The Morgan fingerprint density at radius 3 is 2.48 bits per heavy atom. The van der Waals surface area contributed by atoms with Crippen LogP contribution in [0.2, 0.25) is 10.0 Å². The number of hydrogen-bond acceptors (Lipinski definition) is 3. The van der Waals surface area contributed by atoms with E-state index in [0.29, 0.717) is 16.6 Å². The second-order valence-electron chi connectivity index (χ2n) is 4.89. The summed E-state index contributed by atoms with van der Waals surface area (Å²) in [6, 6.07) is 9.23. The summed E-state index contributed by atoms with van der Waals surface area (Å²) in [4.78, 5) is 0. The largest absolute Gasteiger partial charge is 0.460 e. The van der Waals surface area contributed by atoms with Crippen molar-refractivity contribution >= 4 is 23.2 Å². The van der Waals surface area contributed by atoms with E-state index in [4.69, 9.17) is 32.7 Å². The Morgan fingerprint density at radius 1 is 1.00 bits per heavy atom. The van der Waals surface area contributed by atoms with Gasteiger partial charge in [0.1, 0.15) is 11.5 Å². The van der Waals surface area contributed by atoms with Gasteiger partial charge in [0.2, 0.25) is 0 Å². The van der Waals surface area contributed by atoms with Crippen LogP contribution < -0.4 is 5.32 Å². The first-order valence-corrected chi connectivity index (χ1v) is 7.81. The molecule has 114 valence electrons. The maximum atomic E-state index is 8.70. The SMILES string of the molecule is OCCCCCNCc1ccc(-c2cc(Cl)cc(Cl)c2)o1. The average Bonchev–Trinajstić information content (AvgIpc) is 2.90. The summed E-state index contributed by atoms with van der Waals surface area (Å²) in [5.74, 6) is 1.64. The van der Waals surface area contributed by atoms with Gasteiger partial charge in [-0.3, -0.25) is 0 Å². The van der Waals surface area contributed by atoms with Crippen molar-refractivity contribution in [3.8, 4) is 11.3 Å². The zero-order valence-corrected chi connectivity index (χ0v) is 13.3. The van der Waals surface area contributed by atoms with E-state index < -0.39 is 0 Å². The summed E-state index contributed by atoms with van der Waals surface area (Å²) < 4.78 is 5.79. The number of aliphatic hydroxyl groups is 1. The fourth-order valence-electron chi connectivity index (χ4n) is 2.07. The molecule has 5 heteroatoms. The molecule has 0 saturated heterocycles. The van der Waals surface area contributed by atoms with Gasteiger partial charge in [0.25, 0.3) is 0 Å². The van der Waals surface area contributed by atoms with Crippen molar-refractivity contribution in [3.05, 3.63) is 46.1 Å². The van der Waals surface area contributed by atoms with Crippen LogP contribution in [-0.2, 0) is 6.54 Å². The van der Waals surface area contributed by atoms with E-state index in [9.17, 15) is 0 Å². The third-order valence-electron chi connectivity index (χ3n) is 3.12. The first kappa shape index (κ1) is 16.4. The lowest BCUT2D eigenvalue weighted by Gasteiger charge is -2.03. The maximum absolute atomic E-state index is 8.70. The van der Waals surface area contributed by atoms with Gasteiger partial charge in [-0.1, -0.05) is 23.2 Å². The molecule has 0 fully saturated rings. The molecule has 21 heavy (non-hydrogen) atoms. The van der Waals surface area contributed by atoms with Gasteiger partial charge in [-0.2, -0.15) is 0 Å². The van der Waals surface area contributed by atoms with Crippen LogP contribution in [0, 0.1) is 0 Å². The second-order valence-corrected chi connectivity index (χ2v) is 5.76. The molecule has 0 aliphatic rings. The third kappa shape index (κ3) is 5.36. The van der Waals surface area contributed by atoms with Crippen molar-refractivity contribution in [2.45, 2.75) is 25.8 Å². The number of nitrogens with one attached hydrogen (secondary N) is 1. The number of halogens is 2. The lowest BCUT2D eigenvalue weighted by Crippen LogP contribution is -2.14. The lowest BCUT2D eigenvalue weighted by molar-refractivity contribution is 0.282. The summed E-state index contributed by atoms with van der Waals surface area (Å²) in [6.45, 7) is 1.87. The molecule has 0 spiro atoms. The first-order valence-electron chi connectivity index (χ1n) is 7.06. The number of aliphatic hydroxyl groups excluding tert-OH is 1. The number of hydrogen-bond donors (Lipinski definition) is 2. The van der Waals surface area contributed by atoms with Crippen molar-refractivity contribution < 1.29 is 9.52 Å². The number of benzene rings is 1. The molecule has 0 amide bonds. The Balaban J connectivity index is 1.86. The number of furan rings is 1. The molecule has 2 rings (SSSR count). The predicted molar refractivity (Wildman–Crippen MR) is 86.8 cm³/mol. The zero-order valence-electron chi connectivity index (χ0n) is 11.7. The second kappa shape index (κ2) is 8.44. The molecule has 0 bridgehead atoms. The molecule has 0 radical (unpaired) electrons. The van der Waals surface area contributed by atoms with Crippen LogP contribution in [0.3, 0.4) is 0 Å². The predicted octanol–water partition coefficient (Wildman–Crippen LogP) is 4.51. The molecule has 2 aromatic rings. The van der Waals surface area contributed by atoms with Crippen LogP contribution in [0.1, 0.15) is 25.0 Å². The van der Waals surface area contributed by atoms with Crippen molar-refractivity contribution in [3.63, 3.8) is 0 Å². The Labute approximate surface area is 134 Å². The van der Waals surface area contributed by atoms with Crippen LogP contribution in [0.15, 0.2) is 34.7 Å². The van der Waals surface area contributed by atoms with Crippen molar-refractivity contribution in [2.75, 3.05) is 13.2 Å². The van der Waals surface area contributed by atoms with Crippen LogP contribution in [0.4, 0.5) is 0 Å². The standard InChI is InChI=1S/C16H19Cl2NO2/c17-13-8-12(9-14(18)10-13)16-5-4-15(21-16)11-19-6-2-1-3-7-20/h4-5,8-10,19-20H,1-3,6-7,11H2. The molecular weight excluding hydrogens is 309 g/mol. The van der Waals surface area contributed by atoms with Crippen LogP contribution >= 0.6 is 23.2 Å². The van der Waals surface area contributed by atoms with Gasteiger partial charge < -0.3 is 14.8 Å². The molecule has 3 nitrogen and oxygen atoms in total. The van der Waals surface area contributed by atoms with E-state index in [2.05, 4.69) is 5.32 Å². The van der Waals surface area contributed by atoms with Crippen molar-refractivity contribution in [2.24, 2.45) is 0 Å². The fourth-order valence-corrected chi connectivity index (χ4v) is 2.60. The Kier molecular flexibility index (Phi) is 6.58. The van der Waals surface area contributed by atoms with Gasteiger partial charge >= 0.3 is 0 Å². The monoisotopic (exact) mass is 327 g/mol. The minimum Gasteiger partial charge on any atom is -0.460 e. The van der Waals surface area contributed by atoms with Gasteiger partial charge in [0.05, 0.1) is 6.54 Å². The van der Waals surface area contributed by atoms with Crippen LogP contribution in [-0.4, -0.2) is 18.3 Å². The van der Waals surface area contributed by atoms with Gasteiger partial charge in [0.15, 0.2) is 0 Å². The third-order valence-corrected chi connectivity index (χ3v) is 3.56. The highest BCUT2D eigenvalue weighted by atomic mass is 35.5. The van der Waals surface area contributed by atoms with E-state index in [-0.39, 0.29) is 6.61 Å². The Bertz CT molecular complexity index is 549. The maximum Gasteiger partial charge on any atom is 0.134 e. The minimum atomic E-state index is 0.268. The first-order chi connectivity index (χ1) is 10.2. The summed E-state index contributed by atoms with van der Waals surface area (Å²) in [5.41, 5.74) is 0.877. The normalized spacial score (nSPS) is 11.0. The van der Waals surface area contributed by atoms with Gasteiger partial charge in [-0.15, -0.1) is 0 Å². The fraction of sp³-hybridized carbons (Fsp3) is 0.375. The van der Waals surface area contributed by atoms with E-state index in [1.165, 1.54) is 0 Å². The zero-order chi connectivity index (χ0) is 15.1. The molecule has 1 aromatic heterocycles. The minimum absolute atomic E-state index is 0.268. The summed E-state index contributed by atoms with van der Waals surface area (Å²) in [6.07, 6.45) is 2.95. The molecule has 0 unspecified atom stereocenters. The lowest BCUT2D eigenvalue weighted by atomic mass is 10.2. The van der Waals surface area contributed by atoms with Crippen LogP contribution in [0.25, 0.3) is 11.3 Å². The average molecular weight is 328 g/mol. The van der Waals surface area contributed by atoms with E-state index in [0.717, 1.165) is 42.9 Å². The summed E-state index contributed by atoms with van der Waals surface area (Å²) in [5, 5.41) is 13.2. The highest BCUT2D eigenvalue weighted by Crippen LogP contribution is 2.28. The molecule has 0 aliphatic heterocycles. The molecular formula is C16H19Cl2NO2. The van der Waals surface area contributed by atoms with Gasteiger partial charge in [-0.05, 0) is 56.1 Å². The summed E-state index contributed by atoms with van der Waals surface area (Å²) in [7, 11) is 0.